The van der Waals surface area contributed by atoms with Crippen LogP contribution >= 0.6 is 0 Å². The van der Waals surface area contributed by atoms with Crippen LogP contribution in [0.2, 0.25) is 0 Å². The standard InChI is InChI=1S/C29H33NO6/c1-16(31)21-7-8-22-20-6-4-17-12-19(32)10-11-28(17,2)26(20)25(14-29(21,22)3)36-27(33)30-18-5-9-23-24(13-18)35-15-34-23/h4-6,9,12-13,20-22,25-26H,7-8,10-11,14-15H2,1-3H3,(H,30,33)/t20-,21+,22-,25-,26-,28+,29+/m0/s1. The van der Waals surface area contributed by atoms with Gasteiger partial charge in [0, 0.05) is 30.0 Å². The van der Waals surface area contributed by atoms with Crippen LogP contribution in [0.4, 0.5) is 10.5 Å². The predicted molar refractivity (Wildman–Crippen MR) is 133 cm³/mol. The number of ketones is 2. The molecule has 0 aromatic heterocycles. The minimum Gasteiger partial charge on any atom is -0.454 e. The lowest BCUT2D eigenvalue weighted by Gasteiger charge is -2.58. The molecule has 0 spiro atoms. The highest BCUT2D eigenvalue weighted by Gasteiger charge is 2.63. The Bertz CT molecular complexity index is 1200. The topological polar surface area (TPSA) is 90.9 Å². The van der Waals surface area contributed by atoms with Gasteiger partial charge >= 0.3 is 6.09 Å². The van der Waals surface area contributed by atoms with E-state index in [1.165, 1.54) is 0 Å². The highest BCUT2D eigenvalue weighted by atomic mass is 16.7. The summed E-state index contributed by atoms with van der Waals surface area (Å²) in [7, 11) is 0. The number of anilines is 1. The van der Waals surface area contributed by atoms with E-state index in [4.69, 9.17) is 14.2 Å². The molecule has 7 heteroatoms. The number of rotatable bonds is 3. The van der Waals surface area contributed by atoms with Crippen molar-refractivity contribution in [1.82, 2.24) is 0 Å². The number of carbonyl (C=O) groups excluding carboxylic acids is 3. The second-order valence-corrected chi connectivity index (χ2v) is 11.6. The SMILES string of the molecule is CC(=O)[C@H]1CC[C@H]2[C@@H]3C=CC4=CC(=O)CC[C@@]4(C)[C@@H]3[C@@H](OC(=O)Nc3ccc4c(c3)OCO4)C[C@]12C. The Morgan fingerprint density at radius 1 is 1.14 bits per heavy atom. The maximum atomic E-state index is 13.2. The maximum Gasteiger partial charge on any atom is 0.411 e. The van der Waals surface area contributed by atoms with E-state index in [-0.39, 0.29) is 53.0 Å². The molecule has 7 atom stereocenters. The first-order valence-electron chi connectivity index (χ1n) is 13.0. The largest absolute Gasteiger partial charge is 0.454 e. The van der Waals surface area contributed by atoms with Gasteiger partial charge in [-0.2, -0.15) is 0 Å². The van der Waals surface area contributed by atoms with Crippen LogP contribution in [-0.2, 0) is 14.3 Å². The Labute approximate surface area is 211 Å². The number of hydrogen-bond acceptors (Lipinski definition) is 6. The highest BCUT2D eigenvalue weighted by Crippen LogP contribution is 2.65. The molecule has 7 nitrogen and oxygen atoms in total. The van der Waals surface area contributed by atoms with Crippen LogP contribution in [0.5, 0.6) is 11.5 Å². The van der Waals surface area contributed by atoms with Gasteiger partial charge in [-0.05, 0) is 79.1 Å². The lowest BCUT2D eigenvalue weighted by atomic mass is 9.47. The molecule has 1 aromatic rings. The first-order chi connectivity index (χ1) is 17.2. The van der Waals surface area contributed by atoms with Crippen LogP contribution < -0.4 is 14.8 Å². The molecule has 0 radical (unpaired) electrons. The summed E-state index contributed by atoms with van der Waals surface area (Å²) >= 11 is 0. The summed E-state index contributed by atoms with van der Waals surface area (Å²) in [5.41, 5.74) is 1.12. The number of benzene rings is 1. The molecular weight excluding hydrogens is 458 g/mol. The normalized spacial score (nSPS) is 37.9. The molecule has 4 aliphatic carbocycles. The van der Waals surface area contributed by atoms with Gasteiger partial charge in [-0.3, -0.25) is 14.9 Å². The third kappa shape index (κ3) is 3.50. The quantitative estimate of drug-likeness (QED) is 0.604. The van der Waals surface area contributed by atoms with E-state index in [1.807, 2.05) is 0 Å². The van der Waals surface area contributed by atoms with Crippen LogP contribution in [0.15, 0.2) is 42.0 Å². The van der Waals surface area contributed by atoms with Gasteiger partial charge in [-0.15, -0.1) is 0 Å². The summed E-state index contributed by atoms with van der Waals surface area (Å²) < 4.78 is 17.0. The van der Waals surface area contributed by atoms with Crippen LogP contribution in [-0.4, -0.2) is 30.6 Å². The molecule has 0 unspecified atom stereocenters. The van der Waals surface area contributed by atoms with Gasteiger partial charge in [0.2, 0.25) is 6.79 Å². The minimum atomic E-state index is -0.521. The fourth-order valence-corrected chi connectivity index (χ4v) is 8.13. The van der Waals surface area contributed by atoms with Crippen LogP contribution in [0.25, 0.3) is 0 Å². The number of amides is 1. The van der Waals surface area contributed by atoms with Gasteiger partial charge in [-0.25, -0.2) is 4.79 Å². The first-order valence-corrected chi connectivity index (χ1v) is 13.0. The van der Waals surface area contributed by atoms with Crippen molar-refractivity contribution >= 4 is 23.3 Å². The van der Waals surface area contributed by atoms with Crippen LogP contribution in [0, 0.1) is 34.5 Å². The van der Waals surface area contributed by atoms with E-state index < -0.39 is 6.09 Å². The number of allylic oxidation sites excluding steroid dienone is 4. The van der Waals surface area contributed by atoms with E-state index >= 15 is 0 Å². The number of Topliss-reactive ketones (excluding diaryl/α,β-unsaturated/α-hetero) is 1. The summed E-state index contributed by atoms with van der Waals surface area (Å²) in [5.74, 6) is 2.16. The molecule has 1 amide bonds. The fraction of sp³-hybridized carbons (Fsp3) is 0.552. The molecule has 0 saturated heterocycles. The van der Waals surface area contributed by atoms with Gasteiger partial charge in [0.1, 0.15) is 11.9 Å². The monoisotopic (exact) mass is 491 g/mol. The molecule has 1 aromatic carbocycles. The van der Waals surface area contributed by atoms with Crippen molar-refractivity contribution < 1.29 is 28.6 Å². The van der Waals surface area contributed by atoms with Gasteiger partial charge < -0.3 is 14.2 Å². The Morgan fingerprint density at radius 2 is 1.94 bits per heavy atom. The molecule has 190 valence electrons. The number of carbonyl (C=O) groups is 3. The van der Waals surface area contributed by atoms with Crippen molar-refractivity contribution in [3.8, 4) is 11.5 Å². The predicted octanol–water partition coefficient (Wildman–Crippen LogP) is 5.46. The van der Waals surface area contributed by atoms with E-state index in [0.717, 1.165) is 24.8 Å². The summed E-state index contributed by atoms with van der Waals surface area (Å²) in [6.45, 7) is 6.29. The van der Waals surface area contributed by atoms with E-state index in [2.05, 4.69) is 31.3 Å². The smallest absolute Gasteiger partial charge is 0.411 e. The third-order valence-electron chi connectivity index (χ3n) is 9.80. The van der Waals surface area contributed by atoms with Crippen LogP contribution in [0.1, 0.15) is 52.9 Å². The number of fused-ring (bicyclic) bond motifs is 6. The van der Waals surface area contributed by atoms with Crippen molar-refractivity contribution in [3.63, 3.8) is 0 Å². The molecule has 5 aliphatic rings. The van der Waals surface area contributed by atoms with Gasteiger partial charge in [0.25, 0.3) is 0 Å². The molecule has 6 rings (SSSR count). The Hall–Kier alpha value is -3.09. The summed E-state index contributed by atoms with van der Waals surface area (Å²) in [4.78, 5) is 38.1. The molecule has 1 aliphatic heterocycles. The first kappa shape index (κ1) is 23.3. The molecule has 0 bridgehead atoms. The fourth-order valence-electron chi connectivity index (χ4n) is 8.13. The highest BCUT2D eigenvalue weighted by molar-refractivity contribution is 5.92. The van der Waals surface area contributed by atoms with Gasteiger partial charge in [-0.1, -0.05) is 26.0 Å². The summed E-state index contributed by atoms with van der Waals surface area (Å²) in [6, 6.07) is 5.25. The van der Waals surface area contributed by atoms with Crippen LogP contribution in [0.3, 0.4) is 0 Å². The van der Waals surface area contributed by atoms with Gasteiger partial charge in [0.05, 0.1) is 0 Å². The van der Waals surface area contributed by atoms with E-state index in [0.29, 0.717) is 35.9 Å². The Morgan fingerprint density at radius 3 is 2.75 bits per heavy atom. The maximum absolute atomic E-state index is 13.2. The zero-order valence-electron chi connectivity index (χ0n) is 21.0. The average molecular weight is 492 g/mol. The van der Waals surface area contributed by atoms with Crippen molar-refractivity contribution in [2.75, 3.05) is 12.1 Å². The molecular formula is C29H33NO6. The van der Waals surface area contributed by atoms with E-state index in [1.54, 1.807) is 31.2 Å². The molecule has 2 saturated carbocycles. The average Bonchev–Trinajstić information content (AvgIpc) is 3.42. The van der Waals surface area contributed by atoms with Crippen molar-refractivity contribution in [3.05, 3.63) is 42.0 Å². The summed E-state index contributed by atoms with van der Waals surface area (Å²) in [5, 5.41) is 2.86. The lowest BCUT2D eigenvalue weighted by Crippen LogP contribution is -2.57. The van der Waals surface area contributed by atoms with Crippen molar-refractivity contribution in [2.45, 2.75) is 59.0 Å². The molecule has 1 N–H and O–H groups in total. The molecule has 2 fully saturated rings. The summed E-state index contributed by atoms with van der Waals surface area (Å²) in [6.07, 6.45) is 8.99. The number of ether oxygens (including phenoxy) is 3. The zero-order chi connectivity index (χ0) is 25.2. The van der Waals surface area contributed by atoms with Crippen molar-refractivity contribution in [1.29, 1.82) is 0 Å². The van der Waals surface area contributed by atoms with Crippen molar-refractivity contribution in [2.24, 2.45) is 34.5 Å². The lowest BCUT2D eigenvalue weighted by molar-refractivity contribution is -0.134. The zero-order valence-corrected chi connectivity index (χ0v) is 21.0. The number of hydrogen-bond donors (Lipinski definition) is 1. The Balaban J connectivity index is 1.33. The number of nitrogens with one attached hydrogen (secondary N) is 1. The minimum absolute atomic E-state index is 0.0300. The Kier molecular flexibility index (Phi) is 5.32. The second kappa shape index (κ2) is 8.22. The third-order valence-corrected chi connectivity index (χ3v) is 9.80. The van der Waals surface area contributed by atoms with Gasteiger partial charge in [0.15, 0.2) is 17.3 Å². The van der Waals surface area contributed by atoms with E-state index in [9.17, 15) is 14.4 Å². The molecule has 36 heavy (non-hydrogen) atoms. The molecule has 1 heterocycles. The second-order valence-electron chi connectivity index (χ2n) is 11.6.